The van der Waals surface area contributed by atoms with E-state index in [-0.39, 0.29) is 10.8 Å². The van der Waals surface area contributed by atoms with Crippen LogP contribution in [-0.2, 0) is 10.8 Å². The van der Waals surface area contributed by atoms with Gasteiger partial charge in [0.1, 0.15) is 11.4 Å². The van der Waals surface area contributed by atoms with Crippen molar-refractivity contribution in [2.24, 2.45) is 0 Å². The lowest BCUT2D eigenvalue weighted by Crippen LogP contribution is -2.37. The number of nitrogens with zero attached hydrogens (tertiary/aromatic N) is 3. The number of aromatic hydroxyl groups is 1. The molecule has 0 unspecified atom stereocenters. The summed E-state index contributed by atoms with van der Waals surface area (Å²) < 4.78 is 2.15. The van der Waals surface area contributed by atoms with Crippen LogP contribution in [-0.4, -0.2) is 27.5 Å². The molecule has 0 aliphatic carbocycles. The van der Waals surface area contributed by atoms with Crippen molar-refractivity contribution in [2.75, 3.05) is 0 Å². The Balaban J connectivity index is 1.58. The second-order valence-corrected chi connectivity index (χ2v) is 21.0. The molecule has 0 fully saturated rings. The molecule has 3 aromatic heterocycles. The fraction of sp³-hybridized carbons (Fsp3) is 0.286. The van der Waals surface area contributed by atoms with Crippen LogP contribution in [0.1, 0.15) is 58.4 Å². The Morgan fingerprint density at radius 2 is 1.36 bits per heavy atom. The SMILES string of the molecule is Cc1c(-c2cc(C(C)(C)C)cc(C(C)(C)C)c2O)nc2c(-c3cc(-c4ccccc4)cc(-c4ccc([Si](C)(C)C)cn4)c3)cccn12. The summed E-state index contributed by atoms with van der Waals surface area (Å²) >= 11 is 0. The molecule has 0 saturated carbocycles. The van der Waals surface area contributed by atoms with Crippen LogP contribution < -0.4 is 5.19 Å². The van der Waals surface area contributed by atoms with Gasteiger partial charge in [-0.2, -0.15) is 0 Å². The van der Waals surface area contributed by atoms with Crippen LogP contribution in [0.25, 0.3) is 50.4 Å². The van der Waals surface area contributed by atoms with Gasteiger partial charge in [0.15, 0.2) is 0 Å². The van der Waals surface area contributed by atoms with Crippen LogP contribution in [0.3, 0.4) is 0 Å². The van der Waals surface area contributed by atoms with Gasteiger partial charge in [-0.05, 0) is 87.7 Å². The number of pyridine rings is 2. The normalized spacial score (nSPS) is 12.6. The van der Waals surface area contributed by atoms with Crippen molar-refractivity contribution in [3.8, 4) is 50.5 Å². The Morgan fingerprint density at radius 3 is 1.98 bits per heavy atom. The molecule has 1 N–H and O–H groups in total. The Bertz CT molecular complexity index is 2090. The van der Waals surface area contributed by atoms with Gasteiger partial charge in [0.2, 0.25) is 0 Å². The van der Waals surface area contributed by atoms with Crippen molar-refractivity contribution in [2.45, 2.75) is 78.9 Å². The largest absolute Gasteiger partial charge is 0.507 e. The molecule has 6 aromatic rings. The number of phenolic OH excluding ortho intramolecular Hbond substituents is 1. The molecule has 0 aliphatic rings. The smallest absolute Gasteiger partial charge is 0.145 e. The molecule has 5 heteroatoms. The first kappa shape index (κ1) is 32.5. The molecular weight excluding hydrogens is 591 g/mol. The number of fused-ring (bicyclic) bond motifs is 1. The highest BCUT2D eigenvalue weighted by atomic mass is 28.3. The molecule has 0 atom stereocenters. The lowest BCUT2D eigenvalue weighted by atomic mass is 9.78. The van der Waals surface area contributed by atoms with E-state index in [1.807, 2.05) is 0 Å². The summed E-state index contributed by atoms with van der Waals surface area (Å²) in [6, 6.07) is 30.2. The van der Waals surface area contributed by atoms with E-state index in [4.69, 9.17) is 9.97 Å². The zero-order chi connectivity index (χ0) is 33.9. The molecule has 240 valence electrons. The molecule has 0 saturated heterocycles. The fourth-order valence-electron chi connectivity index (χ4n) is 6.22. The van der Waals surface area contributed by atoms with E-state index in [9.17, 15) is 5.11 Å². The van der Waals surface area contributed by atoms with Gasteiger partial charge >= 0.3 is 0 Å². The van der Waals surface area contributed by atoms with Crippen LogP contribution in [0.4, 0.5) is 0 Å². The first-order valence-corrected chi connectivity index (χ1v) is 20.1. The molecule has 3 heterocycles. The standard InChI is InChI=1S/C42H47N3OSi/c1-27-38(35-24-32(41(2,3)4)25-36(39(35)46)42(5,6)7)44-40-34(17-14-20-45(27)40)30-21-29(28-15-12-11-13-16-28)22-31(23-30)37-19-18-33(26-43-37)47(8,9)10/h11-26,46H,1-10H3. The fourth-order valence-corrected chi connectivity index (χ4v) is 7.26. The second-order valence-electron chi connectivity index (χ2n) is 15.9. The van der Waals surface area contributed by atoms with E-state index in [2.05, 4.69) is 170 Å². The predicted octanol–water partition coefficient (Wildman–Crippen LogP) is 10.6. The molecule has 0 bridgehead atoms. The van der Waals surface area contributed by atoms with Gasteiger partial charge in [-0.25, -0.2) is 4.98 Å². The quantitative estimate of drug-likeness (QED) is 0.191. The number of phenols is 1. The Kier molecular flexibility index (Phi) is 8.04. The maximum Gasteiger partial charge on any atom is 0.145 e. The predicted molar refractivity (Wildman–Crippen MR) is 202 cm³/mol. The van der Waals surface area contributed by atoms with E-state index in [1.165, 1.54) is 10.8 Å². The monoisotopic (exact) mass is 637 g/mol. The summed E-state index contributed by atoms with van der Waals surface area (Å²) in [5, 5.41) is 13.1. The van der Waals surface area contributed by atoms with E-state index >= 15 is 0 Å². The minimum absolute atomic E-state index is 0.0870. The first-order valence-electron chi connectivity index (χ1n) is 16.6. The van der Waals surface area contributed by atoms with E-state index in [0.717, 1.165) is 61.7 Å². The summed E-state index contributed by atoms with van der Waals surface area (Å²) in [5.74, 6) is 0.305. The summed E-state index contributed by atoms with van der Waals surface area (Å²) in [6.45, 7) is 22.2. The summed E-state index contributed by atoms with van der Waals surface area (Å²) in [7, 11) is -1.47. The maximum atomic E-state index is 11.7. The van der Waals surface area contributed by atoms with Gasteiger partial charge in [-0.3, -0.25) is 4.98 Å². The average molecular weight is 638 g/mol. The van der Waals surface area contributed by atoms with Crippen LogP contribution in [0, 0.1) is 6.92 Å². The van der Waals surface area contributed by atoms with Crippen LogP contribution in [0.5, 0.6) is 5.75 Å². The number of imidazole rings is 1. The summed E-state index contributed by atoms with van der Waals surface area (Å²) in [4.78, 5) is 10.3. The molecule has 0 amide bonds. The van der Waals surface area contributed by atoms with Crippen LogP contribution in [0.2, 0.25) is 19.6 Å². The molecule has 47 heavy (non-hydrogen) atoms. The van der Waals surface area contributed by atoms with Crippen molar-refractivity contribution in [1.29, 1.82) is 0 Å². The van der Waals surface area contributed by atoms with Crippen molar-refractivity contribution < 1.29 is 5.11 Å². The molecule has 0 radical (unpaired) electrons. The Hall–Kier alpha value is -4.48. The highest BCUT2D eigenvalue weighted by molar-refractivity contribution is 6.88. The lowest BCUT2D eigenvalue weighted by Gasteiger charge is -2.27. The Labute approximate surface area is 281 Å². The van der Waals surface area contributed by atoms with Gasteiger partial charge in [0.05, 0.1) is 19.5 Å². The van der Waals surface area contributed by atoms with E-state index in [0.29, 0.717) is 5.75 Å². The number of rotatable bonds is 5. The summed E-state index contributed by atoms with van der Waals surface area (Å²) in [5.41, 5.74) is 11.6. The molecular formula is C42H47N3OSi. The Morgan fingerprint density at radius 1 is 0.681 bits per heavy atom. The lowest BCUT2D eigenvalue weighted by molar-refractivity contribution is 0.446. The molecule has 0 spiro atoms. The van der Waals surface area contributed by atoms with Crippen molar-refractivity contribution in [1.82, 2.24) is 14.4 Å². The number of aryl methyl sites for hydroxylation is 1. The van der Waals surface area contributed by atoms with Crippen molar-refractivity contribution in [3.05, 3.63) is 114 Å². The summed E-state index contributed by atoms with van der Waals surface area (Å²) in [6.07, 6.45) is 4.13. The molecule has 3 aromatic carbocycles. The number of benzene rings is 3. The highest BCUT2D eigenvalue weighted by Crippen LogP contribution is 2.43. The second kappa shape index (κ2) is 11.6. The van der Waals surface area contributed by atoms with Crippen molar-refractivity contribution >= 4 is 18.9 Å². The van der Waals surface area contributed by atoms with Gasteiger partial charge in [0, 0.05) is 40.3 Å². The molecule has 0 aliphatic heterocycles. The highest BCUT2D eigenvalue weighted by Gasteiger charge is 2.27. The molecule has 4 nitrogen and oxygen atoms in total. The zero-order valence-electron chi connectivity index (χ0n) is 29.5. The first-order chi connectivity index (χ1) is 22.0. The average Bonchev–Trinajstić information content (AvgIpc) is 3.36. The third-order valence-electron chi connectivity index (χ3n) is 9.20. The van der Waals surface area contributed by atoms with Crippen LogP contribution >= 0.6 is 0 Å². The minimum atomic E-state index is -1.47. The van der Waals surface area contributed by atoms with E-state index in [1.54, 1.807) is 0 Å². The number of aromatic nitrogens is 3. The van der Waals surface area contributed by atoms with Crippen LogP contribution in [0.15, 0.2) is 97.3 Å². The van der Waals surface area contributed by atoms with E-state index < -0.39 is 8.07 Å². The van der Waals surface area contributed by atoms with Gasteiger partial charge in [-0.15, -0.1) is 0 Å². The minimum Gasteiger partial charge on any atom is -0.507 e. The number of hydrogen-bond acceptors (Lipinski definition) is 3. The zero-order valence-corrected chi connectivity index (χ0v) is 30.5. The third kappa shape index (κ3) is 6.29. The topological polar surface area (TPSA) is 50.4 Å². The van der Waals surface area contributed by atoms with Gasteiger partial charge in [0.25, 0.3) is 0 Å². The van der Waals surface area contributed by atoms with Gasteiger partial charge in [-0.1, -0.05) is 104 Å². The van der Waals surface area contributed by atoms with Crippen molar-refractivity contribution in [3.63, 3.8) is 0 Å². The maximum absolute atomic E-state index is 11.7. The number of hydrogen-bond donors (Lipinski definition) is 1. The third-order valence-corrected chi connectivity index (χ3v) is 11.2. The molecule has 6 rings (SSSR count). The van der Waals surface area contributed by atoms with Gasteiger partial charge < -0.3 is 9.51 Å².